The number of nitrogens with two attached hydrogens (primary N) is 2. The van der Waals surface area contributed by atoms with E-state index in [1.54, 1.807) is 12.1 Å². The predicted octanol–water partition coefficient (Wildman–Crippen LogP) is -0.578. The zero-order chi connectivity index (χ0) is 12.8. The van der Waals surface area contributed by atoms with Crippen molar-refractivity contribution in [3.05, 3.63) is 23.5 Å². The summed E-state index contributed by atoms with van der Waals surface area (Å²) in [6.45, 7) is 1.71. The molecule has 0 aliphatic heterocycles. The number of urea groups is 1. The minimum Gasteiger partial charge on any atom is -0.482 e. The number of hydrogen-bond acceptors (Lipinski definition) is 5. The topological polar surface area (TPSA) is 120 Å². The highest BCUT2D eigenvalue weighted by Gasteiger charge is 2.08. The van der Waals surface area contributed by atoms with E-state index in [1.807, 2.05) is 12.2 Å². The van der Waals surface area contributed by atoms with Gasteiger partial charge in [-0.25, -0.2) is 4.79 Å². The van der Waals surface area contributed by atoms with Gasteiger partial charge in [0.15, 0.2) is 6.61 Å². The van der Waals surface area contributed by atoms with Gasteiger partial charge in [-0.15, -0.1) is 0 Å². The molecule has 0 atom stereocenters. The van der Waals surface area contributed by atoms with Crippen LogP contribution in [0.4, 0.5) is 4.79 Å². The molecule has 5 N–H and O–H groups in total. The average molecular weight is 238 g/mol. The lowest BCUT2D eigenvalue weighted by molar-refractivity contribution is -0.121. The maximum Gasteiger partial charge on any atom is 0.318 e. The number of aromatic nitrogens is 1. The molecule has 92 valence electrons. The fourth-order valence-corrected chi connectivity index (χ4v) is 1.19. The number of nitrogens with one attached hydrogen (secondary N) is 1. The molecular weight excluding hydrogens is 224 g/mol. The highest BCUT2D eigenvalue weighted by molar-refractivity contribution is 5.94. The number of rotatable bonds is 4. The normalized spacial score (nSPS) is 9.76. The van der Waals surface area contributed by atoms with Crippen LogP contribution < -0.4 is 21.5 Å². The number of nitrogens with zero attached hydrogens (tertiary/aromatic N) is 1. The standard InChI is InChI=1S/C10H14N4O3/c1-6-2-3-8(7(4-11)13-6)17-5-9(15)14-10(12)16/h2-3H,4-5,11H2,1H3,(H3,12,14,15,16). The molecule has 7 heteroatoms. The van der Waals surface area contributed by atoms with Gasteiger partial charge in [-0.05, 0) is 19.1 Å². The van der Waals surface area contributed by atoms with E-state index in [2.05, 4.69) is 4.98 Å². The van der Waals surface area contributed by atoms with E-state index in [-0.39, 0.29) is 13.2 Å². The van der Waals surface area contributed by atoms with Crippen molar-refractivity contribution in [2.24, 2.45) is 11.5 Å². The van der Waals surface area contributed by atoms with E-state index in [0.717, 1.165) is 5.69 Å². The molecule has 0 radical (unpaired) electrons. The molecule has 17 heavy (non-hydrogen) atoms. The zero-order valence-electron chi connectivity index (χ0n) is 9.40. The van der Waals surface area contributed by atoms with Crippen LogP contribution >= 0.6 is 0 Å². The van der Waals surface area contributed by atoms with Crippen molar-refractivity contribution in [2.75, 3.05) is 6.61 Å². The monoisotopic (exact) mass is 238 g/mol. The Morgan fingerprint density at radius 1 is 1.47 bits per heavy atom. The van der Waals surface area contributed by atoms with Crippen LogP contribution in [0.3, 0.4) is 0 Å². The van der Waals surface area contributed by atoms with Crippen LogP contribution in [0.1, 0.15) is 11.4 Å². The smallest absolute Gasteiger partial charge is 0.318 e. The first kappa shape index (κ1) is 12.9. The third-order valence-electron chi connectivity index (χ3n) is 1.89. The molecule has 1 rings (SSSR count). The number of pyridine rings is 1. The van der Waals surface area contributed by atoms with Gasteiger partial charge in [0, 0.05) is 12.2 Å². The molecule has 3 amide bonds. The van der Waals surface area contributed by atoms with Crippen molar-refractivity contribution in [3.8, 4) is 5.75 Å². The molecule has 0 unspecified atom stereocenters. The number of primary amides is 1. The molecule has 0 fully saturated rings. The number of amides is 3. The van der Waals surface area contributed by atoms with Gasteiger partial charge in [0.1, 0.15) is 5.75 Å². The molecule has 7 nitrogen and oxygen atoms in total. The first-order valence-electron chi connectivity index (χ1n) is 4.91. The van der Waals surface area contributed by atoms with Crippen molar-refractivity contribution in [1.29, 1.82) is 0 Å². The summed E-state index contributed by atoms with van der Waals surface area (Å²) in [5, 5.41) is 1.89. The maximum atomic E-state index is 11.1. The van der Waals surface area contributed by atoms with E-state index in [1.165, 1.54) is 0 Å². The highest BCUT2D eigenvalue weighted by Crippen LogP contribution is 2.15. The van der Waals surface area contributed by atoms with Gasteiger partial charge in [0.05, 0.1) is 5.69 Å². The first-order chi connectivity index (χ1) is 8.02. The lowest BCUT2D eigenvalue weighted by Gasteiger charge is -2.09. The van der Waals surface area contributed by atoms with Gasteiger partial charge in [0.2, 0.25) is 0 Å². The molecule has 1 heterocycles. The number of ether oxygens (including phenoxy) is 1. The quantitative estimate of drug-likeness (QED) is 0.648. The molecule has 0 aliphatic rings. The Balaban J connectivity index is 2.63. The van der Waals surface area contributed by atoms with Gasteiger partial charge in [-0.2, -0.15) is 0 Å². The summed E-state index contributed by atoms with van der Waals surface area (Å²) in [5.74, 6) is -0.209. The van der Waals surface area contributed by atoms with Crippen LogP contribution in [0.25, 0.3) is 0 Å². The largest absolute Gasteiger partial charge is 0.482 e. The molecule has 0 spiro atoms. The number of carbonyl (C=O) groups is 2. The third-order valence-corrected chi connectivity index (χ3v) is 1.89. The van der Waals surface area contributed by atoms with Crippen LogP contribution in [0, 0.1) is 6.92 Å². The number of aryl methyl sites for hydroxylation is 1. The molecule has 0 saturated carbocycles. The van der Waals surface area contributed by atoms with Gasteiger partial charge in [-0.1, -0.05) is 0 Å². The summed E-state index contributed by atoms with van der Waals surface area (Å²) in [5.41, 5.74) is 11.6. The lowest BCUT2D eigenvalue weighted by Crippen LogP contribution is -2.38. The highest BCUT2D eigenvalue weighted by atomic mass is 16.5. The SMILES string of the molecule is Cc1ccc(OCC(=O)NC(N)=O)c(CN)n1. The lowest BCUT2D eigenvalue weighted by atomic mass is 10.3. The van der Waals surface area contributed by atoms with E-state index >= 15 is 0 Å². The Morgan fingerprint density at radius 3 is 2.76 bits per heavy atom. The fourth-order valence-electron chi connectivity index (χ4n) is 1.19. The summed E-state index contributed by atoms with van der Waals surface area (Å²) < 4.78 is 5.18. The van der Waals surface area contributed by atoms with E-state index < -0.39 is 11.9 Å². The Morgan fingerprint density at radius 2 is 2.18 bits per heavy atom. The second-order valence-electron chi connectivity index (χ2n) is 3.30. The number of imide groups is 1. The van der Waals surface area contributed by atoms with Crippen molar-refractivity contribution in [3.63, 3.8) is 0 Å². The van der Waals surface area contributed by atoms with E-state index in [0.29, 0.717) is 11.4 Å². The first-order valence-corrected chi connectivity index (χ1v) is 4.91. The zero-order valence-corrected chi connectivity index (χ0v) is 9.40. The maximum absolute atomic E-state index is 11.1. The summed E-state index contributed by atoms with van der Waals surface area (Å²) >= 11 is 0. The number of carbonyl (C=O) groups excluding carboxylic acids is 2. The summed E-state index contributed by atoms with van der Waals surface area (Å²) in [6.07, 6.45) is 0. The molecule has 0 aliphatic carbocycles. The fraction of sp³-hybridized carbons (Fsp3) is 0.300. The second-order valence-corrected chi connectivity index (χ2v) is 3.30. The van der Waals surface area contributed by atoms with Crippen LogP contribution in [-0.4, -0.2) is 23.5 Å². The Kier molecular flexibility index (Phi) is 4.41. The summed E-state index contributed by atoms with van der Waals surface area (Å²) in [7, 11) is 0. The minimum absolute atomic E-state index is 0.203. The van der Waals surface area contributed by atoms with Gasteiger partial charge in [-0.3, -0.25) is 15.1 Å². The molecular formula is C10H14N4O3. The Labute approximate surface area is 98.1 Å². The Bertz CT molecular complexity index is 434. The molecule has 0 bridgehead atoms. The third kappa shape index (κ3) is 4.07. The summed E-state index contributed by atoms with van der Waals surface area (Å²) in [6, 6.07) is 2.49. The van der Waals surface area contributed by atoms with Crippen molar-refractivity contribution < 1.29 is 14.3 Å². The second kappa shape index (κ2) is 5.80. The molecule has 0 saturated heterocycles. The predicted molar refractivity (Wildman–Crippen MR) is 60.1 cm³/mol. The van der Waals surface area contributed by atoms with Gasteiger partial charge in [0.25, 0.3) is 5.91 Å². The van der Waals surface area contributed by atoms with Crippen LogP contribution in [-0.2, 0) is 11.3 Å². The van der Waals surface area contributed by atoms with Crippen molar-refractivity contribution in [2.45, 2.75) is 13.5 Å². The number of hydrogen-bond donors (Lipinski definition) is 3. The van der Waals surface area contributed by atoms with Gasteiger partial charge < -0.3 is 16.2 Å². The van der Waals surface area contributed by atoms with Crippen molar-refractivity contribution >= 4 is 11.9 Å². The van der Waals surface area contributed by atoms with E-state index in [9.17, 15) is 9.59 Å². The Hall–Kier alpha value is -2.15. The van der Waals surface area contributed by atoms with E-state index in [4.69, 9.17) is 16.2 Å². The summed E-state index contributed by atoms with van der Waals surface area (Å²) in [4.78, 5) is 25.7. The van der Waals surface area contributed by atoms with Crippen LogP contribution in [0.5, 0.6) is 5.75 Å². The van der Waals surface area contributed by atoms with Gasteiger partial charge >= 0.3 is 6.03 Å². The van der Waals surface area contributed by atoms with Crippen molar-refractivity contribution in [1.82, 2.24) is 10.3 Å². The minimum atomic E-state index is -0.917. The molecule has 1 aromatic rings. The molecule has 1 aromatic heterocycles. The average Bonchev–Trinajstić information content (AvgIpc) is 2.26. The van der Waals surface area contributed by atoms with Crippen LogP contribution in [0.15, 0.2) is 12.1 Å². The van der Waals surface area contributed by atoms with Crippen LogP contribution in [0.2, 0.25) is 0 Å². The molecule has 0 aromatic carbocycles.